The monoisotopic (exact) mass is 527 g/mol. The van der Waals surface area contributed by atoms with Gasteiger partial charge in [-0.2, -0.15) is 0 Å². The molecule has 3 aromatic heterocycles. The second-order valence-electron chi connectivity index (χ2n) is 10.2. The lowest BCUT2D eigenvalue weighted by Gasteiger charge is -2.12. The van der Waals surface area contributed by atoms with Crippen LogP contribution in [0.2, 0.25) is 0 Å². The summed E-state index contributed by atoms with van der Waals surface area (Å²) in [7, 11) is 0. The first-order valence-corrected chi connectivity index (χ1v) is 14.3. The van der Waals surface area contributed by atoms with Crippen molar-refractivity contribution in [3.8, 4) is 17.2 Å². The summed E-state index contributed by atoms with van der Waals surface area (Å²) in [6.45, 7) is 0. The van der Waals surface area contributed by atoms with E-state index < -0.39 is 0 Å². The number of para-hydroxylation sites is 2. The fourth-order valence-electron chi connectivity index (χ4n) is 6.29. The van der Waals surface area contributed by atoms with E-state index in [1.807, 2.05) is 23.5 Å². The maximum Gasteiger partial charge on any atom is 0.235 e. The quantitative estimate of drug-likeness (QED) is 0.224. The molecule has 0 saturated carbocycles. The topological polar surface area (TPSA) is 30.7 Å². The van der Waals surface area contributed by atoms with Crippen LogP contribution in [0.25, 0.3) is 80.9 Å². The van der Waals surface area contributed by atoms with Gasteiger partial charge in [0.05, 0.1) is 22.2 Å². The molecule has 0 atom stereocenters. The van der Waals surface area contributed by atoms with Crippen molar-refractivity contribution in [1.29, 1.82) is 0 Å². The summed E-state index contributed by atoms with van der Waals surface area (Å²) in [5.74, 6) is 0.685. The smallest absolute Gasteiger partial charge is 0.235 e. The van der Waals surface area contributed by atoms with Gasteiger partial charge in [0.1, 0.15) is 0 Å². The molecule has 6 aromatic carbocycles. The molecule has 4 heteroatoms. The van der Waals surface area contributed by atoms with Gasteiger partial charge >= 0.3 is 0 Å². The zero-order chi connectivity index (χ0) is 26.2. The van der Waals surface area contributed by atoms with Crippen LogP contribution in [0.3, 0.4) is 0 Å². The Labute approximate surface area is 233 Å². The Morgan fingerprint density at radius 1 is 0.450 bits per heavy atom. The highest BCUT2D eigenvalue weighted by Gasteiger charge is 2.19. The van der Waals surface area contributed by atoms with Crippen LogP contribution in [-0.4, -0.2) is 14.5 Å². The van der Waals surface area contributed by atoms with E-state index >= 15 is 0 Å². The lowest BCUT2D eigenvalue weighted by molar-refractivity contribution is 1.01. The summed E-state index contributed by atoms with van der Waals surface area (Å²) in [5, 5.41) is 8.70. The summed E-state index contributed by atoms with van der Waals surface area (Å²) in [5.41, 5.74) is 5.18. The zero-order valence-electron chi connectivity index (χ0n) is 21.4. The minimum atomic E-state index is 0.685. The molecule has 0 radical (unpaired) electrons. The van der Waals surface area contributed by atoms with Gasteiger partial charge < -0.3 is 0 Å². The Bertz CT molecular complexity index is 2430. The molecule has 0 bridgehead atoms. The predicted molar refractivity (Wildman–Crippen MR) is 170 cm³/mol. The lowest BCUT2D eigenvalue weighted by Crippen LogP contribution is -2.03. The van der Waals surface area contributed by atoms with Crippen molar-refractivity contribution in [2.75, 3.05) is 0 Å². The lowest BCUT2D eigenvalue weighted by atomic mass is 9.99. The molecule has 9 aromatic rings. The maximum atomic E-state index is 5.23. The van der Waals surface area contributed by atoms with Crippen molar-refractivity contribution in [2.45, 2.75) is 0 Å². The zero-order valence-corrected chi connectivity index (χ0v) is 22.2. The highest BCUT2D eigenvalue weighted by atomic mass is 32.1. The average Bonchev–Trinajstić information content (AvgIpc) is 3.57. The molecule has 0 amide bonds. The molecule has 0 N–H and O–H groups in total. The molecule has 0 aliphatic rings. The Hall–Kier alpha value is -5.06. The van der Waals surface area contributed by atoms with E-state index in [9.17, 15) is 0 Å². The second kappa shape index (κ2) is 8.22. The van der Waals surface area contributed by atoms with Gasteiger partial charge in [-0.05, 0) is 41.1 Å². The van der Waals surface area contributed by atoms with Crippen molar-refractivity contribution in [3.05, 3.63) is 127 Å². The number of aromatic nitrogens is 3. The van der Waals surface area contributed by atoms with Crippen LogP contribution in [-0.2, 0) is 0 Å². The molecule has 3 nitrogen and oxygen atoms in total. The molecule has 0 unspecified atom stereocenters. The fraction of sp³-hybridized carbons (Fsp3) is 0. The van der Waals surface area contributed by atoms with Gasteiger partial charge in [0.15, 0.2) is 0 Å². The third kappa shape index (κ3) is 2.99. The maximum absolute atomic E-state index is 5.23. The number of rotatable bonds is 2. The van der Waals surface area contributed by atoms with E-state index in [4.69, 9.17) is 9.97 Å². The minimum Gasteiger partial charge on any atom is -0.278 e. The van der Waals surface area contributed by atoms with E-state index in [-0.39, 0.29) is 0 Å². The van der Waals surface area contributed by atoms with Crippen LogP contribution in [0.4, 0.5) is 0 Å². The molecule has 0 aliphatic carbocycles. The number of nitrogens with zero attached hydrogens (tertiary/aromatic N) is 3. The van der Waals surface area contributed by atoms with Crippen LogP contribution in [0.15, 0.2) is 127 Å². The third-order valence-corrected chi connectivity index (χ3v) is 9.15. The normalized spacial score (nSPS) is 12.0. The first-order valence-electron chi connectivity index (χ1n) is 13.4. The van der Waals surface area contributed by atoms with Gasteiger partial charge in [-0.3, -0.25) is 4.57 Å². The van der Waals surface area contributed by atoms with Gasteiger partial charge in [0, 0.05) is 41.9 Å². The summed E-state index contributed by atoms with van der Waals surface area (Å²) in [6, 6.07) is 45.2. The van der Waals surface area contributed by atoms with Gasteiger partial charge in [0.25, 0.3) is 0 Å². The van der Waals surface area contributed by atoms with Gasteiger partial charge in [-0.15, -0.1) is 11.3 Å². The third-order valence-electron chi connectivity index (χ3n) is 8.01. The number of benzene rings is 6. The first-order chi connectivity index (χ1) is 19.8. The van der Waals surface area contributed by atoms with Crippen LogP contribution < -0.4 is 0 Å². The minimum absolute atomic E-state index is 0.685. The van der Waals surface area contributed by atoms with Gasteiger partial charge in [0.2, 0.25) is 5.95 Å². The van der Waals surface area contributed by atoms with Crippen molar-refractivity contribution >= 4 is 75.0 Å². The average molecular weight is 528 g/mol. The van der Waals surface area contributed by atoms with Crippen molar-refractivity contribution in [3.63, 3.8) is 0 Å². The van der Waals surface area contributed by atoms with E-state index in [1.54, 1.807) is 0 Å². The Kier molecular flexibility index (Phi) is 4.48. The van der Waals surface area contributed by atoms with Crippen LogP contribution in [0, 0.1) is 0 Å². The molecule has 0 saturated heterocycles. The standard InChI is InChI=1S/C36H21N3S/c1-2-10-22(11-3-1)35-25-12-4-7-15-28(25)37-36(38-35)39-29-16-8-5-13-26(29)33-23-19-21-32-34(24(23)18-20-30(33)39)27-14-6-9-17-31(27)40-32/h1-21H. The molecule has 40 heavy (non-hydrogen) atoms. The van der Waals surface area contributed by atoms with Crippen molar-refractivity contribution in [1.82, 2.24) is 14.5 Å². The van der Waals surface area contributed by atoms with Crippen LogP contribution in [0.5, 0.6) is 0 Å². The highest BCUT2D eigenvalue weighted by Crippen LogP contribution is 2.43. The summed E-state index contributed by atoms with van der Waals surface area (Å²) in [6.07, 6.45) is 0. The van der Waals surface area contributed by atoms with Crippen LogP contribution >= 0.6 is 11.3 Å². The van der Waals surface area contributed by atoms with E-state index in [1.165, 1.54) is 41.7 Å². The predicted octanol–water partition coefficient (Wildman–Crippen LogP) is 9.91. The van der Waals surface area contributed by atoms with Gasteiger partial charge in [-0.25, -0.2) is 9.97 Å². The summed E-state index contributed by atoms with van der Waals surface area (Å²) < 4.78 is 4.88. The van der Waals surface area contributed by atoms with E-state index in [0.717, 1.165) is 33.2 Å². The summed E-state index contributed by atoms with van der Waals surface area (Å²) >= 11 is 1.86. The Morgan fingerprint density at radius 3 is 2.05 bits per heavy atom. The highest BCUT2D eigenvalue weighted by molar-refractivity contribution is 7.26. The summed E-state index contributed by atoms with van der Waals surface area (Å²) in [4.78, 5) is 10.4. The first kappa shape index (κ1) is 21.8. The molecule has 186 valence electrons. The molecule has 0 spiro atoms. The Morgan fingerprint density at radius 2 is 1.15 bits per heavy atom. The molecular formula is C36H21N3S. The molecule has 9 rings (SSSR count). The van der Waals surface area contributed by atoms with Crippen LogP contribution in [0.1, 0.15) is 0 Å². The number of fused-ring (bicyclic) bond motifs is 10. The SMILES string of the molecule is c1ccc(-c2nc(-n3c4ccccc4c4c5ccc6sc7ccccc7c6c5ccc43)nc3ccccc23)cc1. The van der Waals surface area contributed by atoms with Gasteiger partial charge in [-0.1, -0.05) is 97.1 Å². The second-order valence-corrected chi connectivity index (χ2v) is 11.3. The number of hydrogen-bond donors (Lipinski definition) is 0. The largest absolute Gasteiger partial charge is 0.278 e. The van der Waals surface area contributed by atoms with E-state index in [2.05, 4.69) is 120 Å². The van der Waals surface area contributed by atoms with Crippen molar-refractivity contribution < 1.29 is 0 Å². The molecule has 0 fully saturated rings. The fourth-order valence-corrected chi connectivity index (χ4v) is 7.41. The Balaban J connectivity index is 1.42. The van der Waals surface area contributed by atoms with E-state index in [0.29, 0.717) is 5.95 Å². The molecule has 0 aliphatic heterocycles. The molecule has 3 heterocycles. The molecular weight excluding hydrogens is 506 g/mol. The number of hydrogen-bond acceptors (Lipinski definition) is 3. The van der Waals surface area contributed by atoms with Crippen molar-refractivity contribution in [2.24, 2.45) is 0 Å². The number of thiophene rings is 1.